The van der Waals surface area contributed by atoms with Gasteiger partial charge in [-0.15, -0.1) is 0 Å². The van der Waals surface area contributed by atoms with Crippen molar-refractivity contribution in [2.45, 2.75) is 0 Å². The SMILES string of the molecule is O=C(O)c1ccc(C(=O)O)c(-c2ccccc2Cl)c1-c1ccccc1Cl. The van der Waals surface area contributed by atoms with Gasteiger partial charge in [0.1, 0.15) is 0 Å². The monoisotopic (exact) mass is 386 g/mol. The zero-order valence-electron chi connectivity index (χ0n) is 13.2. The van der Waals surface area contributed by atoms with Crippen molar-refractivity contribution >= 4 is 35.1 Å². The highest BCUT2D eigenvalue weighted by Gasteiger charge is 2.25. The van der Waals surface area contributed by atoms with Crippen LogP contribution in [0.5, 0.6) is 0 Å². The molecule has 0 aliphatic rings. The second-order valence-electron chi connectivity index (χ2n) is 5.48. The Labute approximate surface area is 159 Å². The molecule has 26 heavy (non-hydrogen) atoms. The van der Waals surface area contributed by atoms with E-state index in [0.29, 0.717) is 21.2 Å². The lowest BCUT2D eigenvalue weighted by molar-refractivity contribution is 0.0682. The van der Waals surface area contributed by atoms with Crippen LogP contribution in [0.1, 0.15) is 20.7 Å². The minimum Gasteiger partial charge on any atom is -0.478 e. The Bertz CT molecular complexity index is 946. The molecule has 0 amide bonds. The van der Waals surface area contributed by atoms with Gasteiger partial charge in [0, 0.05) is 32.3 Å². The van der Waals surface area contributed by atoms with Crippen molar-refractivity contribution in [1.82, 2.24) is 0 Å². The number of carbonyl (C=O) groups is 2. The summed E-state index contributed by atoms with van der Waals surface area (Å²) in [7, 11) is 0. The Hall–Kier alpha value is -2.82. The Morgan fingerprint density at radius 2 is 0.962 bits per heavy atom. The van der Waals surface area contributed by atoms with Gasteiger partial charge in [0.05, 0.1) is 11.1 Å². The summed E-state index contributed by atoms with van der Waals surface area (Å²) in [5, 5.41) is 20.0. The number of aromatic carboxylic acids is 2. The largest absolute Gasteiger partial charge is 0.478 e. The van der Waals surface area contributed by atoms with Crippen LogP contribution in [-0.2, 0) is 0 Å². The Kier molecular flexibility index (Phi) is 4.98. The van der Waals surface area contributed by atoms with Crippen molar-refractivity contribution < 1.29 is 19.8 Å². The van der Waals surface area contributed by atoms with Gasteiger partial charge in [-0.25, -0.2) is 9.59 Å². The molecule has 4 nitrogen and oxygen atoms in total. The quantitative estimate of drug-likeness (QED) is 0.600. The molecule has 0 heterocycles. The van der Waals surface area contributed by atoms with Crippen LogP contribution in [0.3, 0.4) is 0 Å². The van der Waals surface area contributed by atoms with E-state index in [1.165, 1.54) is 12.1 Å². The molecule has 0 radical (unpaired) electrons. The third-order valence-corrected chi connectivity index (χ3v) is 4.61. The standard InChI is InChI=1S/C20H12Cl2O4/c21-15-7-3-1-5-11(15)17-13(19(23)24)9-10-14(20(25)26)18(17)12-6-2-4-8-16(12)22/h1-10H,(H,23,24)(H,25,26). The number of rotatable bonds is 4. The maximum absolute atomic E-state index is 11.8. The summed E-state index contributed by atoms with van der Waals surface area (Å²) in [6.45, 7) is 0. The van der Waals surface area contributed by atoms with E-state index in [9.17, 15) is 19.8 Å². The molecule has 3 aromatic carbocycles. The number of benzene rings is 3. The fraction of sp³-hybridized carbons (Fsp3) is 0. The fourth-order valence-corrected chi connectivity index (χ4v) is 3.31. The third kappa shape index (κ3) is 3.17. The average molecular weight is 387 g/mol. The smallest absolute Gasteiger partial charge is 0.336 e. The maximum Gasteiger partial charge on any atom is 0.336 e. The van der Waals surface area contributed by atoms with E-state index in [0.717, 1.165) is 0 Å². The number of hydrogen-bond donors (Lipinski definition) is 2. The molecule has 3 rings (SSSR count). The lowest BCUT2D eigenvalue weighted by Crippen LogP contribution is -2.07. The van der Waals surface area contributed by atoms with Crippen molar-refractivity contribution in [2.75, 3.05) is 0 Å². The molecule has 0 saturated carbocycles. The van der Waals surface area contributed by atoms with E-state index < -0.39 is 11.9 Å². The molecule has 0 bridgehead atoms. The molecule has 0 fully saturated rings. The molecule has 2 N–H and O–H groups in total. The molecule has 0 aromatic heterocycles. The molecule has 3 aromatic rings. The molecule has 0 unspecified atom stereocenters. The third-order valence-electron chi connectivity index (χ3n) is 3.95. The van der Waals surface area contributed by atoms with Gasteiger partial charge < -0.3 is 10.2 Å². The first-order valence-corrected chi connectivity index (χ1v) is 8.30. The van der Waals surface area contributed by atoms with Gasteiger partial charge in [0.25, 0.3) is 0 Å². The van der Waals surface area contributed by atoms with Crippen molar-refractivity contribution in [2.24, 2.45) is 0 Å². The number of carboxylic acid groups (broad SMARTS) is 2. The fourth-order valence-electron chi connectivity index (χ4n) is 2.85. The normalized spacial score (nSPS) is 10.5. The van der Waals surface area contributed by atoms with E-state index in [1.807, 2.05) is 0 Å². The second-order valence-corrected chi connectivity index (χ2v) is 6.30. The van der Waals surface area contributed by atoms with E-state index in [4.69, 9.17) is 23.2 Å². The Balaban J connectivity index is 2.53. The molecule has 6 heteroatoms. The van der Waals surface area contributed by atoms with Gasteiger partial charge in [-0.2, -0.15) is 0 Å². The van der Waals surface area contributed by atoms with E-state index >= 15 is 0 Å². The summed E-state index contributed by atoms with van der Waals surface area (Å²) in [6.07, 6.45) is 0. The van der Waals surface area contributed by atoms with Gasteiger partial charge in [0.15, 0.2) is 0 Å². The summed E-state index contributed by atoms with van der Waals surface area (Å²) in [6, 6.07) is 15.9. The van der Waals surface area contributed by atoms with Crippen LogP contribution in [0.4, 0.5) is 0 Å². The van der Waals surface area contributed by atoms with Crippen LogP contribution < -0.4 is 0 Å². The van der Waals surface area contributed by atoms with Gasteiger partial charge in [-0.05, 0) is 24.3 Å². The molecule has 130 valence electrons. The van der Waals surface area contributed by atoms with E-state index in [1.54, 1.807) is 48.5 Å². The molecule has 0 saturated heterocycles. The highest BCUT2D eigenvalue weighted by atomic mass is 35.5. The maximum atomic E-state index is 11.8. The molecular formula is C20H12Cl2O4. The highest BCUT2D eigenvalue weighted by Crippen LogP contribution is 2.42. The van der Waals surface area contributed by atoms with Crippen LogP contribution in [0.25, 0.3) is 22.3 Å². The average Bonchev–Trinajstić information content (AvgIpc) is 2.61. The predicted octanol–water partition coefficient (Wildman–Crippen LogP) is 5.72. The molecule has 0 aliphatic carbocycles. The van der Waals surface area contributed by atoms with Crippen molar-refractivity contribution in [3.05, 3.63) is 81.8 Å². The summed E-state index contributed by atoms with van der Waals surface area (Å²) in [5.41, 5.74) is 1.16. The lowest BCUT2D eigenvalue weighted by atomic mass is 9.87. The van der Waals surface area contributed by atoms with Gasteiger partial charge in [-0.1, -0.05) is 59.6 Å². The minimum atomic E-state index is -1.19. The minimum absolute atomic E-state index is 0.0574. The zero-order valence-corrected chi connectivity index (χ0v) is 14.8. The van der Waals surface area contributed by atoms with Gasteiger partial charge in [0.2, 0.25) is 0 Å². The van der Waals surface area contributed by atoms with Gasteiger partial charge >= 0.3 is 11.9 Å². The Morgan fingerprint density at radius 3 is 1.27 bits per heavy atom. The summed E-state index contributed by atoms with van der Waals surface area (Å²) in [5.74, 6) is -2.38. The molecule has 0 spiro atoms. The van der Waals surface area contributed by atoms with Crippen LogP contribution in [0.2, 0.25) is 10.0 Å². The van der Waals surface area contributed by atoms with Crippen LogP contribution in [0.15, 0.2) is 60.7 Å². The van der Waals surface area contributed by atoms with Crippen LogP contribution in [0, 0.1) is 0 Å². The van der Waals surface area contributed by atoms with Crippen molar-refractivity contribution in [3.8, 4) is 22.3 Å². The van der Waals surface area contributed by atoms with Crippen molar-refractivity contribution in [3.63, 3.8) is 0 Å². The number of carboxylic acids is 2. The van der Waals surface area contributed by atoms with Crippen LogP contribution in [-0.4, -0.2) is 22.2 Å². The summed E-state index contributed by atoms with van der Waals surface area (Å²) >= 11 is 12.6. The summed E-state index contributed by atoms with van der Waals surface area (Å²) in [4.78, 5) is 23.7. The molecule has 0 atom stereocenters. The number of halogens is 2. The van der Waals surface area contributed by atoms with E-state index in [-0.39, 0.29) is 22.3 Å². The van der Waals surface area contributed by atoms with E-state index in [2.05, 4.69) is 0 Å². The summed E-state index contributed by atoms with van der Waals surface area (Å²) < 4.78 is 0. The predicted molar refractivity (Wildman–Crippen MR) is 101 cm³/mol. The first-order chi connectivity index (χ1) is 12.4. The Morgan fingerprint density at radius 1 is 0.615 bits per heavy atom. The topological polar surface area (TPSA) is 74.6 Å². The zero-order chi connectivity index (χ0) is 18.8. The highest BCUT2D eigenvalue weighted by molar-refractivity contribution is 6.35. The van der Waals surface area contributed by atoms with Crippen LogP contribution >= 0.6 is 23.2 Å². The molecule has 0 aliphatic heterocycles. The lowest BCUT2D eigenvalue weighted by Gasteiger charge is -2.18. The second kappa shape index (κ2) is 7.20. The first kappa shape index (κ1) is 18.0. The molecular weight excluding hydrogens is 375 g/mol. The van der Waals surface area contributed by atoms with Crippen molar-refractivity contribution in [1.29, 1.82) is 0 Å². The first-order valence-electron chi connectivity index (χ1n) is 7.55. The van der Waals surface area contributed by atoms with Gasteiger partial charge in [-0.3, -0.25) is 0 Å². The number of hydrogen-bond acceptors (Lipinski definition) is 2.